The molecule has 0 aliphatic rings. The zero-order valence-corrected chi connectivity index (χ0v) is 12.6. The van der Waals surface area contributed by atoms with Crippen LogP contribution < -0.4 is 10.6 Å². The molecule has 0 fully saturated rings. The van der Waals surface area contributed by atoms with Crippen molar-refractivity contribution >= 4 is 11.7 Å². The first kappa shape index (κ1) is 15.0. The highest BCUT2D eigenvalue weighted by atomic mass is 16.4. The van der Waals surface area contributed by atoms with Crippen LogP contribution in [-0.2, 0) is 13.0 Å². The second kappa shape index (κ2) is 6.88. The van der Waals surface area contributed by atoms with Crippen LogP contribution in [0.4, 0.5) is 5.82 Å². The normalized spacial score (nSPS) is 10.4. The fourth-order valence-corrected chi connectivity index (χ4v) is 1.97. The van der Waals surface area contributed by atoms with Gasteiger partial charge in [-0.05, 0) is 25.5 Å². The van der Waals surface area contributed by atoms with Crippen molar-refractivity contribution < 1.29 is 9.21 Å². The first-order chi connectivity index (χ1) is 10.1. The number of aromatic nitrogens is 2. The highest BCUT2D eigenvalue weighted by Crippen LogP contribution is 2.12. The first-order valence-electron chi connectivity index (χ1n) is 7.00. The Morgan fingerprint density at radius 2 is 2.19 bits per heavy atom. The van der Waals surface area contributed by atoms with Crippen LogP contribution in [0.25, 0.3) is 0 Å². The quantitative estimate of drug-likeness (QED) is 0.852. The van der Waals surface area contributed by atoms with Crippen LogP contribution in [0.3, 0.4) is 0 Å². The molecule has 6 nitrogen and oxygen atoms in total. The number of amides is 1. The highest BCUT2D eigenvalue weighted by molar-refractivity contribution is 5.94. The average Bonchev–Trinajstić information content (AvgIpc) is 2.90. The molecular weight excluding hydrogens is 268 g/mol. The van der Waals surface area contributed by atoms with Crippen LogP contribution in [0.1, 0.15) is 41.0 Å². The molecule has 0 aliphatic carbocycles. The molecule has 2 heterocycles. The molecule has 2 N–H and O–H groups in total. The van der Waals surface area contributed by atoms with Gasteiger partial charge in [0.1, 0.15) is 11.6 Å². The maximum absolute atomic E-state index is 12.2. The summed E-state index contributed by atoms with van der Waals surface area (Å²) in [6.45, 7) is 4.17. The lowest BCUT2D eigenvalue weighted by atomic mass is 10.1. The van der Waals surface area contributed by atoms with Gasteiger partial charge in [-0.25, -0.2) is 9.97 Å². The number of nitrogens with zero attached hydrogens (tertiary/aromatic N) is 2. The fraction of sp³-hybridized carbons (Fsp3) is 0.400. The largest absolute Gasteiger partial charge is 0.444 e. The van der Waals surface area contributed by atoms with Gasteiger partial charge in [-0.15, -0.1) is 0 Å². The summed E-state index contributed by atoms with van der Waals surface area (Å²) in [5.41, 5.74) is 1.49. The van der Waals surface area contributed by atoms with Gasteiger partial charge in [-0.1, -0.05) is 13.3 Å². The third-order valence-corrected chi connectivity index (χ3v) is 2.97. The van der Waals surface area contributed by atoms with Crippen LogP contribution >= 0.6 is 0 Å². The van der Waals surface area contributed by atoms with Gasteiger partial charge in [-0.2, -0.15) is 0 Å². The second-order valence-corrected chi connectivity index (χ2v) is 4.78. The molecule has 112 valence electrons. The number of aryl methyl sites for hydroxylation is 2. The van der Waals surface area contributed by atoms with Gasteiger partial charge in [0.05, 0.1) is 12.7 Å². The maximum atomic E-state index is 12.2. The molecule has 0 spiro atoms. The van der Waals surface area contributed by atoms with Gasteiger partial charge in [0.15, 0.2) is 0 Å². The zero-order chi connectivity index (χ0) is 15.2. The summed E-state index contributed by atoms with van der Waals surface area (Å²) in [6.07, 6.45) is 3.46. The molecule has 0 aliphatic heterocycles. The lowest BCUT2D eigenvalue weighted by molar-refractivity contribution is 0.0947. The summed E-state index contributed by atoms with van der Waals surface area (Å²) in [6, 6.07) is 3.55. The lowest BCUT2D eigenvalue weighted by Gasteiger charge is -2.08. The van der Waals surface area contributed by atoms with E-state index >= 15 is 0 Å². The van der Waals surface area contributed by atoms with Gasteiger partial charge >= 0.3 is 0 Å². The molecule has 0 saturated heterocycles. The molecule has 0 atom stereocenters. The molecule has 2 aromatic rings. The lowest BCUT2D eigenvalue weighted by Crippen LogP contribution is -2.23. The molecule has 0 radical (unpaired) electrons. The van der Waals surface area contributed by atoms with Crippen molar-refractivity contribution in [2.45, 2.75) is 33.2 Å². The molecule has 2 aromatic heterocycles. The maximum Gasteiger partial charge on any atom is 0.251 e. The predicted octanol–water partition coefficient (Wildman–Crippen LogP) is 2.30. The third-order valence-electron chi connectivity index (χ3n) is 2.97. The van der Waals surface area contributed by atoms with Crippen molar-refractivity contribution in [2.24, 2.45) is 0 Å². The Morgan fingerprint density at radius 1 is 1.38 bits per heavy atom. The molecule has 0 aromatic carbocycles. The van der Waals surface area contributed by atoms with Crippen LogP contribution in [-0.4, -0.2) is 22.9 Å². The highest BCUT2D eigenvalue weighted by Gasteiger charge is 2.10. The van der Waals surface area contributed by atoms with Crippen molar-refractivity contribution in [3.63, 3.8) is 0 Å². The van der Waals surface area contributed by atoms with Gasteiger partial charge in [-0.3, -0.25) is 4.79 Å². The van der Waals surface area contributed by atoms with E-state index < -0.39 is 0 Å². The van der Waals surface area contributed by atoms with E-state index in [4.69, 9.17) is 4.42 Å². The van der Waals surface area contributed by atoms with Crippen molar-refractivity contribution in [3.05, 3.63) is 41.2 Å². The molecule has 21 heavy (non-hydrogen) atoms. The fourth-order valence-electron chi connectivity index (χ4n) is 1.97. The molecule has 0 unspecified atom stereocenters. The molecule has 6 heteroatoms. The van der Waals surface area contributed by atoms with Gasteiger partial charge in [0, 0.05) is 18.3 Å². The Morgan fingerprint density at radius 3 is 2.81 bits per heavy atom. The van der Waals surface area contributed by atoms with Crippen LogP contribution in [0, 0.1) is 6.92 Å². The predicted molar refractivity (Wildman–Crippen MR) is 80.2 cm³/mol. The monoisotopic (exact) mass is 288 g/mol. The minimum Gasteiger partial charge on any atom is -0.444 e. The number of nitrogens with one attached hydrogen (secondary N) is 2. The summed E-state index contributed by atoms with van der Waals surface area (Å²) in [5, 5.41) is 5.77. The van der Waals surface area contributed by atoms with Crippen molar-refractivity contribution in [2.75, 3.05) is 12.4 Å². The molecule has 0 saturated carbocycles. The summed E-state index contributed by atoms with van der Waals surface area (Å²) >= 11 is 0. The van der Waals surface area contributed by atoms with E-state index in [0.29, 0.717) is 17.3 Å². The van der Waals surface area contributed by atoms with Crippen LogP contribution in [0.15, 0.2) is 22.7 Å². The Hall–Kier alpha value is -2.37. The number of hydrogen-bond donors (Lipinski definition) is 2. The Kier molecular flexibility index (Phi) is 4.92. The molecule has 2 rings (SSSR count). The number of anilines is 1. The van der Waals surface area contributed by atoms with Crippen molar-refractivity contribution in [1.82, 2.24) is 15.3 Å². The van der Waals surface area contributed by atoms with E-state index in [0.717, 1.165) is 24.3 Å². The van der Waals surface area contributed by atoms with E-state index in [1.807, 2.05) is 13.0 Å². The Bertz CT molecular complexity index is 622. The third kappa shape index (κ3) is 4.05. The van der Waals surface area contributed by atoms with Crippen LogP contribution in [0.5, 0.6) is 0 Å². The number of carbonyl (C=O) groups excluding carboxylic acids is 1. The standard InChI is InChI=1S/C15H20N4O2/c1-4-5-12-6-11(7-13(16-3)19-12)15(20)18-9-14-17-8-10(2)21-14/h6-8H,4-5,9H2,1-3H3,(H,16,19)(H,18,20). The number of pyridine rings is 1. The summed E-state index contributed by atoms with van der Waals surface area (Å²) in [5.74, 6) is 1.75. The minimum absolute atomic E-state index is 0.165. The van der Waals surface area contributed by atoms with E-state index in [1.165, 1.54) is 0 Å². The minimum atomic E-state index is -0.165. The molecular formula is C15H20N4O2. The number of oxazole rings is 1. The summed E-state index contributed by atoms with van der Waals surface area (Å²) in [4.78, 5) is 20.7. The second-order valence-electron chi connectivity index (χ2n) is 4.78. The van der Waals surface area contributed by atoms with Crippen molar-refractivity contribution in [3.8, 4) is 0 Å². The summed E-state index contributed by atoms with van der Waals surface area (Å²) < 4.78 is 5.33. The van der Waals surface area contributed by atoms with E-state index in [2.05, 4.69) is 27.5 Å². The van der Waals surface area contributed by atoms with Crippen molar-refractivity contribution in [1.29, 1.82) is 0 Å². The topological polar surface area (TPSA) is 80.0 Å². The van der Waals surface area contributed by atoms with Gasteiger partial charge in [0.2, 0.25) is 5.89 Å². The number of rotatable bonds is 6. The van der Waals surface area contributed by atoms with Gasteiger partial charge < -0.3 is 15.1 Å². The van der Waals surface area contributed by atoms with E-state index in [-0.39, 0.29) is 12.5 Å². The SMILES string of the molecule is CCCc1cc(C(=O)NCc2ncc(C)o2)cc(NC)n1. The molecule has 0 bridgehead atoms. The smallest absolute Gasteiger partial charge is 0.251 e. The summed E-state index contributed by atoms with van der Waals surface area (Å²) in [7, 11) is 1.79. The Balaban J connectivity index is 2.08. The zero-order valence-electron chi connectivity index (χ0n) is 12.6. The van der Waals surface area contributed by atoms with E-state index in [1.54, 1.807) is 19.3 Å². The van der Waals surface area contributed by atoms with Gasteiger partial charge in [0.25, 0.3) is 5.91 Å². The van der Waals surface area contributed by atoms with Crippen LogP contribution in [0.2, 0.25) is 0 Å². The molecule has 1 amide bonds. The first-order valence-corrected chi connectivity index (χ1v) is 7.00. The average molecular weight is 288 g/mol. The number of carbonyl (C=O) groups is 1. The number of hydrogen-bond acceptors (Lipinski definition) is 5. The Labute approximate surface area is 124 Å². The van der Waals surface area contributed by atoms with E-state index in [9.17, 15) is 4.79 Å².